The van der Waals surface area contributed by atoms with Gasteiger partial charge in [0.1, 0.15) is 0 Å². The third-order valence-corrected chi connectivity index (χ3v) is 9.77. The van der Waals surface area contributed by atoms with Crippen molar-refractivity contribution in [2.75, 3.05) is 19.2 Å². The van der Waals surface area contributed by atoms with E-state index in [1.807, 2.05) is 13.3 Å². The Labute approximate surface area is 128 Å². The maximum Gasteiger partial charge on any atom is 0.0884 e. The molecule has 0 unspecified atom stereocenters. The second-order valence-corrected chi connectivity index (χ2v) is 13.2. The minimum Gasteiger partial charge on any atom is -0.324 e. The van der Waals surface area contributed by atoms with E-state index < -0.39 is 15.4 Å². The van der Waals surface area contributed by atoms with Crippen molar-refractivity contribution in [2.45, 2.75) is 79.6 Å². The monoisotopic (exact) mass is 322 g/mol. The summed E-state index contributed by atoms with van der Waals surface area (Å²) in [5.41, 5.74) is 0. The van der Waals surface area contributed by atoms with Gasteiger partial charge in [0.15, 0.2) is 0 Å². The Hall–Kier alpha value is 0.580. The van der Waals surface area contributed by atoms with Crippen LogP contribution in [0.3, 0.4) is 0 Å². The quantitative estimate of drug-likeness (QED) is 0.580. The van der Waals surface area contributed by atoms with E-state index in [1.165, 1.54) is 0 Å². The zero-order valence-electron chi connectivity index (χ0n) is 15.2. The van der Waals surface area contributed by atoms with Crippen LogP contribution in [-0.2, 0) is 4.57 Å². The van der Waals surface area contributed by atoms with E-state index in [2.05, 4.69) is 64.7 Å². The van der Waals surface area contributed by atoms with Gasteiger partial charge in [0.2, 0.25) is 0 Å². The molecule has 0 aliphatic carbocycles. The predicted octanol–water partition coefficient (Wildman–Crippen LogP) is 5.12. The number of hydrogen-bond donors (Lipinski definition) is 0. The highest BCUT2D eigenvalue weighted by Gasteiger charge is 2.35. The Morgan fingerprint density at radius 2 is 1.00 bits per heavy atom. The highest BCUT2D eigenvalue weighted by atomic mass is 31.2. The Balaban J connectivity index is 5.60. The largest absolute Gasteiger partial charge is 0.324 e. The highest BCUT2D eigenvalue weighted by molar-refractivity contribution is 7.75. The Bertz CT molecular complexity index is 288. The van der Waals surface area contributed by atoms with E-state index in [4.69, 9.17) is 0 Å². The SMILES string of the molecule is CC(C)N(C(C)C)P(CP(C)(C)=O)N(C(C)C)C(C)C. The minimum atomic E-state index is -2.04. The van der Waals surface area contributed by atoms with E-state index in [1.54, 1.807) is 0 Å². The highest BCUT2D eigenvalue weighted by Crippen LogP contribution is 2.59. The summed E-state index contributed by atoms with van der Waals surface area (Å²) >= 11 is 0. The molecular formula is C15H36N2OP2. The first-order valence-electron chi connectivity index (χ1n) is 7.76. The first kappa shape index (κ1) is 20.6. The number of nitrogens with zero attached hydrogens (tertiary/aromatic N) is 2. The molecule has 0 heterocycles. The summed E-state index contributed by atoms with van der Waals surface area (Å²) < 4.78 is 17.6. The lowest BCUT2D eigenvalue weighted by Gasteiger charge is -2.47. The summed E-state index contributed by atoms with van der Waals surface area (Å²) in [6.07, 6.45) is 0. The summed E-state index contributed by atoms with van der Waals surface area (Å²) in [5, 5.41) is 0. The molecule has 3 nitrogen and oxygen atoms in total. The van der Waals surface area contributed by atoms with Gasteiger partial charge in [-0.15, -0.1) is 0 Å². The van der Waals surface area contributed by atoms with Crippen molar-refractivity contribution in [1.29, 1.82) is 0 Å². The lowest BCUT2D eigenvalue weighted by atomic mass is 10.3. The molecule has 0 atom stereocenters. The van der Waals surface area contributed by atoms with Gasteiger partial charge in [-0.25, -0.2) is 0 Å². The fraction of sp³-hybridized carbons (Fsp3) is 1.00. The van der Waals surface area contributed by atoms with Gasteiger partial charge in [-0.3, -0.25) is 9.34 Å². The average Bonchev–Trinajstić information content (AvgIpc) is 2.11. The standard InChI is InChI=1S/C15H36N2OP2/c1-12(2)16(13(3)4)19(11-20(9,10)18)17(14(5)6)15(7)8/h12-15H,11H2,1-10H3. The molecule has 0 bridgehead atoms. The van der Waals surface area contributed by atoms with E-state index in [0.717, 1.165) is 5.90 Å². The van der Waals surface area contributed by atoms with Crippen LogP contribution in [0.25, 0.3) is 0 Å². The van der Waals surface area contributed by atoms with Gasteiger partial charge in [-0.2, -0.15) is 0 Å². The second-order valence-electron chi connectivity index (χ2n) is 7.22. The first-order valence-corrected chi connectivity index (χ1v) is 12.0. The van der Waals surface area contributed by atoms with Gasteiger partial charge < -0.3 is 4.57 Å². The Morgan fingerprint density at radius 1 is 0.750 bits per heavy atom. The van der Waals surface area contributed by atoms with Crippen molar-refractivity contribution in [3.05, 3.63) is 0 Å². The fourth-order valence-corrected chi connectivity index (χ4v) is 8.81. The molecule has 0 aromatic carbocycles. The van der Waals surface area contributed by atoms with Crippen molar-refractivity contribution < 1.29 is 4.57 Å². The molecule has 5 heteroatoms. The van der Waals surface area contributed by atoms with Crippen LogP contribution >= 0.6 is 15.4 Å². The molecule has 0 rings (SSSR count). The van der Waals surface area contributed by atoms with Crippen LogP contribution in [0.15, 0.2) is 0 Å². The molecule has 0 radical (unpaired) electrons. The van der Waals surface area contributed by atoms with Gasteiger partial charge >= 0.3 is 0 Å². The molecule has 0 aromatic rings. The fourth-order valence-electron chi connectivity index (χ4n) is 2.83. The van der Waals surface area contributed by atoms with Crippen LogP contribution in [0.1, 0.15) is 55.4 Å². The molecule has 0 spiro atoms. The molecular weight excluding hydrogens is 286 g/mol. The third-order valence-electron chi connectivity index (χ3n) is 3.12. The maximum absolute atomic E-state index is 12.5. The summed E-state index contributed by atoms with van der Waals surface area (Å²) in [7, 11) is -2.57. The van der Waals surface area contributed by atoms with Crippen molar-refractivity contribution in [3.8, 4) is 0 Å². The lowest BCUT2D eigenvalue weighted by molar-refractivity contribution is 0.258. The molecule has 0 fully saturated rings. The Kier molecular flexibility index (Phi) is 8.52. The minimum absolute atomic E-state index is 0.479. The topological polar surface area (TPSA) is 23.6 Å². The number of hydrogen-bond acceptors (Lipinski definition) is 3. The molecule has 0 saturated heterocycles. The number of rotatable bonds is 8. The van der Waals surface area contributed by atoms with Crippen LogP contribution in [-0.4, -0.2) is 52.7 Å². The molecule has 0 N–H and O–H groups in total. The van der Waals surface area contributed by atoms with Crippen molar-refractivity contribution in [2.24, 2.45) is 0 Å². The summed E-state index contributed by atoms with van der Waals surface area (Å²) in [5.74, 6) is 0.828. The normalized spacial score (nSPS) is 14.1. The van der Waals surface area contributed by atoms with Crippen molar-refractivity contribution in [1.82, 2.24) is 9.34 Å². The van der Waals surface area contributed by atoms with Gasteiger partial charge in [0, 0.05) is 38.3 Å². The van der Waals surface area contributed by atoms with Crippen molar-refractivity contribution in [3.63, 3.8) is 0 Å². The van der Waals surface area contributed by atoms with E-state index in [0.29, 0.717) is 24.2 Å². The van der Waals surface area contributed by atoms with E-state index in [9.17, 15) is 4.57 Å². The maximum atomic E-state index is 12.5. The second kappa shape index (κ2) is 8.28. The van der Waals surface area contributed by atoms with E-state index >= 15 is 0 Å². The average molecular weight is 322 g/mol. The zero-order valence-corrected chi connectivity index (χ0v) is 17.0. The zero-order chi connectivity index (χ0) is 16.2. The predicted molar refractivity (Wildman–Crippen MR) is 95.5 cm³/mol. The first-order chi connectivity index (χ1) is 8.88. The molecule has 0 saturated carbocycles. The lowest BCUT2D eigenvalue weighted by Crippen LogP contribution is -2.43. The summed E-state index contributed by atoms with van der Waals surface area (Å²) in [6, 6.07) is 1.92. The smallest absolute Gasteiger partial charge is 0.0884 e. The molecule has 0 aromatic heterocycles. The van der Waals surface area contributed by atoms with Crippen molar-refractivity contribution >= 4 is 15.4 Å². The van der Waals surface area contributed by atoms with Gasteiger partial charge in [-0.1, -0.05) is 0 Å². The van der Waals surface area contributed by atoms with Crippen LogP contribution in [0.2, 0.25) is 0 Å². The summed E-state index contributed by atoms with van der Waals surface area (Å²) in [4.78, 5) is 0. The molecule has 0 aliphatic heterocycles. The van der Waals surface area contributed by atoms with Gasteiger partial charge in [0.05, 0.1) is 7.14 Å². The van der Waals surface area contributed by atoms with Crippen LogP contribution in [0.5, 0.6) is 0 Å². The molecule has 0 aliphatic rings. The third kappa shape index (κ3) is 6.56. The molecule has 0 amide bonds. The Morgan fingerprint density at radius 3 is 1.15 bits per heavy atom. The van der Waals surface area contributed by atoms with Crippen LogP contribution < -0.4 is 0 Å². The summed E-state index contributed by atoms with van der Waals surface area (Å²) in [6.45, 7) is 21.9. The van der Waals surface area contributed by atoms with Crippen LogP contribution in [0.4, 0.5) is 0 Å². The van der Waals surface area contributed by atoms with E-state index in [-0.39, 0.29) is 0 Å². The van der Waals surface area contributed by atoms with Gasteiger partial charge in [-0.05, 0) is 68.7 Å². The van der Waals surface area contributed by atoms with Gasteiger partial charge in [0.25, 0.3) is 0 Å². The van der Waals surface area contributed by atoms with Crippen LogP contribution in [0, 0.1) is 0 Å². The molecule has 20 heavy (non-hydrogen) atoms. The molecule has 122 valence electrons.